The second-order valence-electron chi connectivity index (χ2n) is 9.11. The van der Waals surface area contributed by atoms with Crippen LogP contribution in [0, 0.1) is 11.8 Å². The molecule has 0 aliphatic carbocycles. The first-order valence-corrected chi connectivity index (χ1v) is 13.2. The Morgan fingerprint density at radius 2 is 1.65 bits per heavy atom. The van der Waals surface area contributed by atoms with Crippen molar-refractivity contribution in [3.63, 3.8) is 0 Å². The van der Waals surface area contributed by atoms with Gasteiger partial charge >= 0.3 is 18.9 Å². The van der Waals surface area contributed by atoms with E-state index in [0.717, 1.165) is 25.3 Å². The van der Waals surface area contributed by atoms with Crippen LogP contribution >= 0.6 is 0 Å². The smallest absolute Gasteiger partial charge is 0.488 e. The second-order valence-corrected chi connectivity index (χ2v) is 9.11. The molecule has 0 radical (unpaired) electrons. The average molecular weight is 582 g/mol. The Bertz CT molecular complexity index is 1810. The molecule has 2 aromatic carbocycles. The third kappa shape index (κ3) is 8.29. The van der Waals surface area contributed by atoms with Crippen LogP contribution in [-0.2, 0) is 0 Å². The van der Waals surface area contributed by atoms with Crippen molar-refractivity contribution in [2.24, 2.45) is 10.2 Å². The molecule has 12 nitrogen and oxygen atoms in total. The summed E-state index contributed by atoms with van der Waals surface area (Å²) in [6, 6.07) is 13.2. The minimum Gasteiger partial charge on any atom is -0.497 e. The molecule has 4 N–H and O–H groups in total. The normalized spacial score (nSPS) is 11.0. The topological polar surface area (TPSA) is 176 Å². The van der Waals surface area contributed by atoms with Gasteiger partial charge in [0.2, 0.25) is 0 Å². The molecule has 0 saturated heterocycles. The van der Waals surface area contributed by atoms with Gasteiger partial charge in [0.15, 0.2) is 22.7 Å². The molecule has 0 spiro atoms. The molecule has 4 aromatic rings. The van der Waals surface area contributed by atoms with Gasteiger partial charge in [-0.25, -0.2) is 10.9 Å². The Hall–Kier alpha value is -5.45. The number of hydrogen-bond donors (Lipinski definition) is 4. The van der Waals surface area contributed by atoms with Crippen LogP contribution in [-0.4, -0.2) is 48.5 Å². The van der Waals surface area contributed by atoms with E-state index in [4.69, 9.17) is 13.6 Å². The fourth-order valence-corrected chi connectivity index (χ4v) is 3.76. The lowest BCUT2D eigenvalue weighted by Crippen LogP contribution is -2.30. The number of unbranched alkanes of at least 4 members (excludes halogenated alkanes) is 2. The van der Waals surface area contributed by atoms with Crippen LogP contribution in [0.2, 0.25) is 0 Å². The summed E-state index contributed by atoms with van der Waals surface area (Å²) in [4.78, 5) is 37.4. The molecule has 0 aliphatic rings. The number of benzene rings is 2. The highest BCUT2D eigenvalue weighted by molar-refractivity contribution is 6.58. The highest BCUT2D eigenvalue weighted by atomic mass is 16.5. The van der Waals surface area contributed by atoms with Crippen LogP contribution in [0.4, 0.5) is 0 Å². The molecule has 0 aliphatic heterocycles. The lowest BCUT2D eigenvalue weighted by molar-refractivity contribution is 0.0920. The van der Waals surface area contributed by atoms with Crippen molar-refractivity contribution >= 4 is 47.8 Å². The van der Waals surface area contributed by atoms with Gasteiger partial charge in [-0.2, -0.15) is 10.2 Å². The van der Waals surface area contributed by atoms with E-state index in [1.165, 1.54) is 49.9 Å². The van der Waals surface area contributed by atoms with Crippen LogP contribution in [0.1, 0.15) is 64.2 Å². The van der Waals surface area contributed by atoms with E-state index in [0.29, 0.717) is 22.6 Å². The van der Waals surface area contributed by atoms with E-state index in [1.807, 2.05) is 0 Å². The Balaban J connectivity index is 1.42. The molecule has 0 saturated carbocycles. The number of nitrogens with one attached hydrogen (secondary N) is 2. The predicted octanol–water partition coefficient (Wildman–Crippen LogP) is 2.14. The summed E-state index contributed by atoms with van der Waals surface area (Å²) < 4.78 is 16.1. The minimum atomic E-state index is -1.81. The van der Waals surface area contributed by atoms with Crippen molar-refractivity contribution in [3.8, 4) is 17.6 Å². The molecule has 0 bridgehead atoms. The van der Waals surface area contributed by atoms with Crippen molar-refractivity contribution in [2.75, 3.05) is 7.11 Å². The first-order chi connectivity index (χ1) is 20.8. The summed E-state index contributed by atoms with van der Waals surface area (Å²) in [7, 11) is -0.341. The van der Waals surface area contributed by atoms with Crippen LogP contribution in [0.15, 0.2) is 78.4 Å². The summed E-state index contributed by atoms with van der Waals surface area (Å²) in [6.45, 7) is 2.07. The summed E-state index contributed by atoms with van der Waals surface area (Å²) in [5.41, 5.74) is 5.23. The molecule has 2 heterocycles. The number of rotatable bonds is 10. The molecule has 0 fully saturated rings. The number of amides is 2. The van der Waals surface area contributed by atoms with E-state index in [2.05, 4.69) is 39.8 Å². The van der Waals surface area contributed by atoms with Gasteiger partial charge in [0.05, 0.1) is 24.9 Å². The van der Waals surface area contributed by atoms with E-state index in [-0.39, 0.29) is 28.0 Å². The number of nitrogens with zero attached hydrogens (tertiary/aromatic N) is 2. The number of methoxy groups -OCH3 is 1. The van der Waals surface area contributed by atoms with Crippen LogP contribution in [0.3, 0.4) is 0 Å². The van der Waals surface area contributed by atoms with Gasteiger partial charge in [0.25, 0.3) is 0 Å². The lowest BCUT2D eigenvalue weighted by atomic mass is 9.79. The summed E-state index contributed by atoms with van der Waals surface area (Å²) in [6.07, 6.45) is 5.28. The molecule has 0 atom stereocenters. The molecule has 2 amide bonds. The van der Waals surface area contributed by atoms with E-state index in [9.17, 15) is 24.4 Å². The van der Waals surface area contributed by atoms with Crippen molar-refractivity contribution < 1.29 is 33.2 Å². The van der Waals surface area contributed by atoms with Crippen LogP contribution in [0.25, 0.3) is 11.0 Å². The number of carbonyl (C=O) groups excluding carboxylic acids is 2. The van der Waals surface area contributed by atoms with E-state index >= 15 is 0 Å². The molecular weight excluding hydrogens is 555 g/mol. The second kappa shape index (κ2) is 14.4. The maximum Gasteiger partial charge on any atom is 0.488 e. The van der Waals surface area contributed by atoms with Gasteiger partial charge in [0, 0.05) is 12.5 Å². The van der Waals surface area contributed by atoms with Crippen molar-refractivity contribution in [3.05, 3.63) is 93.2 Å². The fraction of sp³-hybridized carbons (Fsp3) is 0.167. The maximum absolute atomic E-state index is 12.6. The Morgan fingerprint density at radius 3 is 2.30 bits per heavy atom. The van der Waals surface area contributed by atoms with Crippen molar-refractivity contribution in [2.45, 2.75) is 26.2 Å². The maximum atomic E-state index is 12.6. The highest BCUT2D eigenvalue weighted by Crippen LogP contribution is 2.19. The molecule has 2 aromatic heterocycles. The fourth-order valence-electron chi connectivity index (χ4n) is 3.76. The van der Waals surface area contributed by atoms with Gasteiger partial charge in [-0.05, 0) is 65.3 Å². The zero-order chi connectivity index (χ0) is 30.8. The first-order valence-electron chi connectivity index (χ1n) is 13.2. The average Bonchev–Trinajstić information content (AvgIpc) is 3.48. The van der Waals surface area contributed by atoms with Gasteiger partial charge in [-0.3, -0.25) is 14.4 Å². The van der Waals surface area contributed by atoms with Crippen molar-refractivity contribution in [1.29, 1.82) is 0 Å². The number of ether oxygens (including phenoxy) is 1. The van der Waals surface area contributed by atoms with E-state index in [1.54, 1.807) is 18.2 Å². The Labute approximate surface area is 246 Å². The number of carbonyl (C=O) groups is 2. The number of fused-ring (bicyclic) bond motifs is 1. The molecule has 43 heavy (non-hydrogen) atoms. The number of hydrazone groups is 2. The van der Waals surface area contributed by atoms with Gasteiger partial charge in [-0.15, -0.1) is 0 Å². The van der Waals surface area contributed by atoms with Gasteiger partial charge in [-0.1, -0.05) is 31.4 Å². The molecule has 0 unspecified atom stereocenters. The SMILES string of the molecule is CCCCC#Cc1ccc(C(=O)N/N=C/c2cc(/C=N/NC(=O)c3cc(=O)c4cc(OC)ccc4o3)cc(B(O)O)c2)o1. The first kappa shape index (κ1) is 30.5. The summed E-state index contributed by atoms with van der Waals surface area (Å²) in [5, 5.41) is 27.4. The number of furan rings is 1. The zero-order valence-corrected chi connectivity index (χ0v) is 23.3. The Kier molecular flexibility index (Phi) is 10.3. The zero-order valence-electron chi connectivity index (χ0n) is 23.3. The Morgan fingerprint density at radius 1 is 0.953 bits per heavy atom. The standard InChI is InChI=1S/C30H27BN4O8/c1-3-4-5-6-7-22-8-11-27(42-22)29(37)34-32-17-19-12-20(14-21(13-19)31(39)40)18-33-35-30(38)28-16-25(36)24-15-23(41-2)9-10-26(24)43-28/h8-18,39-40H,3-5H2,1-2H3,(H,34,37)(H,35,38)/b32-17+,33-18+. The van der Waals surface area contributed by atoms with Gasteiger partial charge < -0.3 is 23.6 Å². The third-order valence-electron chi connectivity index (χ3n) is 5.91. The van der Waals surface area contributed by atoms with Crippen LogP contribution < -0.4 is 26.5 Å². The molecule has 13 heteroatoms. The van der Waals surface area contributed by atoms with Crippen LogP contribution in [0.5, 0.6) is 5.75 Å². The summed E-state index contributed by atoms with van der Waals surface area (Å²) in [5.74, 6) is 5.08. The van der Waals surface area contributed by atoms with E-state index < -0.39 is 24.4 Å². The molecule has 218 valence electrons. The van der Waals surface area contributed by atoms with Crippen molar-refractivity contribution in [1.82, 2.24) is 10.9 Å². The lowest BCUT2D eigenvalue weighted by Gasteiger charge is -2.05. The highest BCUT2D eigenvalue weighted by Gasteiger charge is 2.14. The molecule has 4 rings (SSSR count). The minimum absolute atomic E-state index is 0.0296. The predicted molar refractivity (Wildman–Crippen MR) is 161 cm³/mol. The number of hydrogen-bond acceptors (Lipinski definition) is 10. The quantitative estimate of drug-likeness (QED) is 0.0723. The third-order valence-corrected chi connectivity index (χ3v) is 5.91. The van der Waals surface area contributed by atoms with Gasteiger partial charge in [0.1, 0.15) is 11.3 Å². The summed E-state index contributed by atoms with van der Waals surface area (Å²) >= 11 is 0. The monoisotopic (exact) mass is 582 g/mol. The molecular formula is C30H27BN4O8. The largest absolute Gasteiger partial charge is 0.497 e.